The van der Waals surface area contributed by atoms with Crippen LogP contribution in [0.1, 0.15) is 24.8 Å². The zero-order valence-electron chi connectivity index (χ0n) is 11.4. The minimum Gasteiger partial charge on any atom is -0.354 e. The summed E-state index contributed by atoms with van der Waals surface area (Å²) in [5, 5.41) is 2.73. The summed E-state index contributed by atoms with van der Waals surface area (Å²) >= 11 is 0. The second-order valence-corrected chi connectivity index (χ2v) is 4.96. The SMILES string of the molecule is O=C(Cc1ccccc1F)NCCN1CCCCC1=O. The zero-order chi connectivity index (χ0) is 14.4. The monoisotopic (exact) mass is 278 g/mol. The van der Waals surface area contributed by atoms with Crippen molar-refractivity contribution in [1.29, 1.82) is 0 Å². The number of halogens is 1. The van der Waals surface area contributed by atoms with Gasteiger partial charge in [0.25, 0.3) is 0 Å². The molecular formula is C15H19FN2O2. The van der Waals surface area contributed by atoms with Crippen molar-refractivity contribution >= 4 is 11.8 Å². The van der Waals surface area contributed by atoms with Gasteiger partial charge in [0, 0.05) is 26.1 Å². The van der Waals surface area contributed by atoms with Crippen LogP contribution in [0.25, 0.3) is 0 Å². The summed E-state index contributed by atoms with van der Waals surface area (Å²) in [7, 11) is 0. The second kappa shape index (κ2) is 7.03. The zero-order valence-corrected chi connectivity index (χ0v) is 11.4. The molecule has 1 N–H and O–H groups in total. The summed E-state index contributed by atoms with van der Waals surface area (Å²) in [5.41, 5.74) is 0.388. The van der Waals surface area contributed by atoms with Crippen LogP contribution in [-0.2, 0) is 16.0 Å². The molecule has 1 aromatic rings. The van der Waals surface area contributed by atoms with Crippen LogP contribution in [0.5, 0.6) is 0 Å². The first-order valence-corrected chi connectivity index (χ1v) is 6.94. The van der Waals surface area contributed by atoms with Crippen molar-refractivity contribution in [2.24, 2.45) is 0 Å². The molecular weight excluding hydrogens is 259 g/mol. The minimum absolute atomic E-state index is 0.0284. The highest BCUT2D eigenvalue weighted by atomic mass is 19.1. The summed E-state index contributed by atoms with van der Waals surface area (Å²) in [4.78, 5) is 25.0. The van der Waals surface area contributed by atoms with Gasteiger partial charge in [-0.05, 0) is 24.5 Å². The van der Waals surface area contributed by atoms with E-state index in [4.69, 9.17) is 0 Å². The summed E-state index contributed by atoms with van der Waals surface area (Å²) in [6, 6.07) is 6.24. The average Bonchev–Trinajstić information content (AvgIpc) is 2.43. The third-order valence-corrected chi connectivity index (χ3v) is 3.43. The molecule has 4 nitrogen and oxygen atoms in total. The van der Waals surface area contributed by atoms with Gasteiger partial charge in [-0.25, -0.2) is 4.39 Å². The lowest BCUT2D eigenvalue weighted by Gasteiger charge is -2.26. The van der Waals surface area contributed by atoms with E-state index in [9.17, 15) is 14.0 Å². The van der Waals surface area contributed by atoms with Crippen molar-refractivity contribution in [3.05, 3.63) is 35.6 Å². The molecule has 0 unspecified atom stereocenters. The Bertz CT molecular complexity index is 491. The highest BCUT2D eigenvalue weighted by Gasteiger charge is 2.17. The van der Waals surface area contributed by atoms with Gasteiger partial charge in [0.2, 0.25) is 11.8 Å². The number of amides is 2. The second-order valence-electron chi connectivity index (χ2n) is 4.96. The fourth-order valence-electron chi connectivity index (χ4n) is 2.31. The van der Waals surface area contributed by atoms with Crippen LogP contribution in [0, 0.1) is 5.82 Å². The van der Waals surface area contributed by atoms with E-state index in [1.54, 1.807) is 23.1 Å². The molecule has 0 radical (unpaired) electrons. The fraction of sp³-hybridized carbons (Fsp3) is 0.467. The third-order valence-electron chi connectivity index (χ3n) is 3.43. The average molecular weight is 278 g/mol. The summed E-state index contributed by atoms with van der Waals surface area (Å²) in [5.74, 6) is -0.437. The minimum atomic E-state index is -0.367. The maximum atomic E-state index is 13.4. The lowest BCUT2D eigenvalue weighted by molar-refractivity contribution is -0.133. The molecule has 0 saturated carbocycles. The summed E-state index contributed by atoms with van der Waals surface area (Å²) < 4.78 is 13.4. The molecule has 1 aliphatic heterocycles. The van der Waals surface area contributed by atoms with Gasteiger partial charge < -0.3 is 10.2 Å². The molecule has 1 aliphatic rings. The van der Waals surface area contributed by atoms with Gasteiger partial charge in [-0.1, -0.05) is 18.2 Å². The van der Waals surface area contributed by atoms with Crippen LogP contribution in [0.4, 0.5) is 4.39 Å². The standard InChI is InChI=1S/C15H19FN2O2/c16-13-6-2-1-5-12(13)11-14(19)17-8-10-18-9-4-3-7-15(18)20/h1-2,5-6H,3-4,7-11H2,(H,17,19). The first-order chi connectivity index (χ1) is 9.66. The maximum Gasteiger partial charge on any atom is 0.224 e. The van der Waals surface area contributed by atoms with E-state index < -0.39 is 0 Å². The van der Waals surface area contributed by atoms with Crippen LogP contribution in [0.15, 0.2) is 24.3 Å². The van der Waals surface area contributed by atoms with Crippen molar-refractivity contribution in [2.75, 3.05) is 19.6 Å². The van der Waals surface area contributed by atoms with Crippen LogP contribution in [0.3, 0.4) is 0 Å². The molecule has 2 rings (SSSR count). The van der Waals surface area contributed by atoms with Crippen LogP contribution in [0.2, 0.25) is 0 Å². The molecule has 1 aromatic carbocycles. The normalized spacial score (nSPS) is 15.2. The first kappa shape index (κ1) is 14.5. The fourth-order valence-corrected chi connectivity index (χ4v) is 2.31. The molecule has 0 aliphatic carbocycles. The quantitative estimate of drug-likeness (QED) is 0.887. The van der Waals surface area contributed by atoms with E-state index >= 15 is 0 Å². The Morgan fingerprint density at radius 3 is 2.85 bits per heavy atom. The number of carbonyl (C=O) groups is 2. The van der Waals surface area contributed by atoms with E-state index in [1.165, 1.54) is 6.07 Å². The predicted molar refractivity (Wildman–Crippen MR) is 73.5 cm³/mol. The summed E-state index contributed by atoms with van der Waals surface area (Å²) in [6.07, 6.45) is 2.60. The lowest BCUT2D eigenvalue weighted by Crippen LogP contribution is -2.41. The molecule has 5 heteroatoms. The van der Waals surface area contributed by atoms with Crippen molar-refractivity contribution in [3.63, 3.8) is 0 Å². The number of nitrogens with zero attached hydrogens (tertiary/aromatic N) is 1. The Kier molecular flexibility index (Phi) is 5.09. The van der Waals surface area contributed by atoms with Crippen LogP contribution >= 0.6 is 0 Å². The number of likely N-dealkylation sites (tertiary alicyclic amines) is 1. The van der Waals surface area contributed by atoms with Gasteiger partial charge in [0.1, 0.15) is 5.82 Å². The maximum absolute atomic E-state index is 13.4. The molecule has 0 atom stereocenters. The third kappa shape index (κ3) is 4.05. The van der Waals surface area contributed by atoms with E-state index in [-0.39, 0.29) is 24.1 Å². The smallest absolute Gasteiger partial charge is 0.224 e. The van der Waals surface area contributed by atoms with Crippen LogP contribution < -0.4 is 5.32 Å². The molecule has 1 heterocycles. The number of hydrogen-bond donors (Lipinski definition) is 1. The molecule has 0 bridgehead atoms. The largest absolute Gasteiger partial charge is 0.354 e. The number of rotatable bonds is 5. The molecule has 108 valence electrons. The topological polar surface area (TPSA) is 49.4 Å². The number of piperidine rings is 1. The predicted octanol–water partition coefficient (Wildman–Crippen LogP) is 1.50. The highest BCUT2D eigenvalue weighted by molar-refractivity contribution is 5.79. The molecule has 0 aromatic heterocycles. The van der Waals surface area contributed by atoms with Crippen molar-refractivity contribution in [2.45, 2.75) is 25.7 Å². The van der Waals surface area contributed by atoms with E-state index in [0.717, 1.165) is 19.4 Å². The number of hydrogen-bond acceptors (Lipinski definition) is 2. The Labute approximate surface area is 118 Å². The Hall–Kier alpha value is -1.91. The van der Waals surface area contributed by atoms with Gasteiger partial charge in [-0.2, -0.15) is 0 Å². The Morgan fingerprint density at radius 2 is 2.10 bits per heavy atom. The van der Waals surface area contributed by atoms with Gasteiger partial charge in [0.15, 0.2) is 0 Å². The highest BCUT2D eigenvalue weighted by Crippen LogP contribution is 2.09. The van der Waals surface area contributed by atoms with Crippen molar-refractivity contribution in [3.8, 4) is 0 Å². The van der Waals surface area contributed by atoms with Gasteiger partial charge in [-0.15, -0.1) is 0 Å². The van der Waals surface area contributed by atoms with E-state index in [2.05, 4.69) is 5.32 Å². The van der Waals surface area contributed by atoms with Gasteiger partial charge in [-0.3, -0.25) is 9.59 Å². The molecule has 20 heavy (non-hydrogen) atoms. The van der Waals surface area contributed by atoms with Gasteiger partial charge >= 0.3 is 0 Å². The Balaban J connectivity index is 1.73. The van der Waals surface area contributed by atoms with Crippen molar-refractivity contribution < 1.29 is 14.0 Å². The molecule has 1 fully saturated rings. The molecule has 1 saturated heterocycles. The lowest BCUT2D eigenvalue weighted by atomic mass is 10.1. The first-order valence-electron chi connectivity index (χ1n) is 6.94. The summed E-state index contributed by atoms with van der Waals surface area (Å²) in [6.45, 7) is 1.71. The number of nitrogens with one attached hydrogen (secondary N) is 1. The van der Waals surface area contributed by atoms with Gasteiger partial charge in [0.05, 0.1) is 6.42 Å². The van der Waals surface area contributed by atoms with Crippen LogP contribution in [-0.4, -0.2) is 36.3 Å². The van der Waals surface area contributed by atoms with E-state index in [1.807, 2.05) is 0 Å². The van der Waals surface area contributed by atoms with E-state index in [0.29, 0.717) is 25.1 Å². The Morgan fingerprint density at radius 1 is 1.30 bits per heavy atom. The molecule has 2 amide bonds. The number of benzene rings is 1. The number of carbonyl (C=O) groups excluding carboxylic acids is 2. The molecule has 0 spiro atoms. The van der Waals surface area contributed by atoms with Crippen molar-refractivity contribution in [1.82, 2.24) is 10.2 Å².